The lowest BCUT2D eigenvalue weighted by Crippen LogP contribution is -2.88. The maximum Gasteiger partial charge on any atom is 0.430 e. The van der Waals surface area contributed by atoms with Crippen LogP contribution in [0.15, 0.2) is 30.3 Å². The number of carboxylic acids is 2. The molecule has 0 heterocycles. The number of nitrogens with zero attached hydrogens (tertiary/aromatic N) is 1. The van der Waals surface area contributed by atoms with Gasteiger partial charge in [-0.05, 0) is 19.4 Å². The van der Waals surface area contributed by atoms with Crippen molar-refractivity contribution in [1.29, 1.82) is 0 Å². The number of hydrogen-bond acceptors (Lipinski definition) is 4. The van der Waals surface area contributed by atoms with Crippen LogP contribution in [0, 0.1) is 0 Å². The van der Waals surface area contributed by atoms with E-state index in [0.717, 1.165) is 12.1 Å². The van der Waals surface area contributed by atoms with E-state index in [0.29, 0.717) is 19.0 Å². The lowest BCUT2D eigenvalue weighted by Gasteiger charge is -2.22. The van der Waals surface area contributed by atoms with Crippen LogP contribution in [-0.4, -0.2) is 53.2 Å². The van der Waals surface area contributed by atoms with E-state index in [9.17, 15) is 22.8 Å². The zero-order valence-corrected chi connectivity index (χ0v) is 15.7. The Morgan fingerprint density at radius 1 is 1.14 bits per heavy atom. The third-order valence-corrected chi connectivity index (χ3v) is 3.39. The first-order valence-corrected chi connectivity index (χ1v) is 8.58. The molecule has 0 saturated carbocycles. The lowest BCUT2D eigenvalue weighted by atomic mass is 10.2. The van der Waals surface area contributed by atoms with E-state index in [1.165, 1.54) is 0 Å². The van der Waals surface area contributed by atoms with Gasteiger partial charge in [0.15, 0.2) is 0 Å². The zero-order chi connectivity index (χ0) is 21.7. The highest BCUT2D eigenvalue weighted by atomic mass is 19.4. The molecular formula is C18H25F3N2O5. The van der Waals surface area contributed by atoms with Gasteiger partial charge in [-0.2, -0.15) is 13.2 Å². The van der Waals surface area contributed by atoms with Gasteiger partial charge in [0.1, 0.15) is 5.97 Å². The summed E-state index contributed by atoms with van der Waals surface area (Å²) in [7, 11) is 0. The number of carbonyl (C=O) groups is 3. The summed E-state index contributed by atoms with van der Waals surface area (Å²) in [6.07, 6.45) is -4.78. The Balaban J connectivity index is 0.000000887. The molecule has 1 amide bonds. The number of rotatable bonds is 9. The fraction of sp³-hybridized carbons (Fsp3) is 0.500. The normalized spacial score (nSPS) is 10.8. The Bertz CT molecular complexity index is 621. The van der Waals surface area contributed by atoms with E-state index in [1.54, 1.807) is 4.90 Å². The van der Waals surface area contributed by atoms with Crippen LogP contribution < -0.4 is 10.4 Å². The summed E-state index contributed by atoms with van der Waals surface area (Å²) in [5.41, 5.74) is 1.02. The number of hydrogen-bond donors (Lipinski definition) is 2. The van der Waals surface area contributed by atoms with Gasteiger partial charge in [0.2, 0.25) is 5.91 Å². The van der Waals surface area contributed by atoms with Gasteiger partial charge in [0, 0.05) is 13.1 Å². The van der Waals surface area contributed by atoms with Crippen LogP contribution in [0.3, 0.4) is 0 Å². The molecule has 0 saturated heterocycles. The SMILES string of the molecule is CC(C)[NH2+]CCC(=O)N(CCC(=O)O)Cc1ccccc1.O=C([O-])C(F)(F)F. The highest BCUT2D eigenvalue weighted by Gasteiger charge is 2.28. The van der Waals surface area contributed by atoms with Crippen molar-refractivity contribution in [2.24, 2.45) is 0 Å². The molecule has 1 rings (SSSR count). The number of aliphatic carboxylic acids is 2. The van der Waals surface area contributed by atoms with Crippen molar-refractivity contribution in [3.63, 3.8) is 0 Å². The summed E-state index contributed by atoms with van der Waals surface area (Å²) in [5.74, 6) is -3.88. The van der Waals surface area contributed by atoms with E-state index in [1.807, 2.05) is 30.3 Å². The van der Waals surface area contributed by atoms with Gasteiger partial charge in [-0.15, -0.1) is 0 Å². The van der Waals surface area contributed by atoms with Gasteiger partial charge in [-0.1, -0.05) is 30.3 Å². The van der Waals surface area contributed by atoms with Gasteiger partial charge in [-0.25, -0.2) is 0 Å². The minimum absolute atomic E-state index is 0.0111. The molecule has 10 heteroatoms. The van der Waals surface area contributed by atoms with E-state index in [2.05, 4.69) is 19.2 Å². The summed E-state index contributed by atoms with van der Waals surface area (Å²) < 4.78 is 31.5. The molecule has 0 aliphatic carbocycles. The maximum absolute atomic E-state index is 12.3. The van der Waals surface area contributed by atoms with Crippen LogP contribution >= 0.6 is 0 Å². The van der Waals surface area contributed by atoms with Crippen LogP contribution in [0.4, 0.5) is 13.2 Å². The fourth-order valence-corrected chi connectivity index (χ4v) is 2.02. The van der Waals surface area contributed by atoms with E-state index >= 15 is 0 Å². The van der Waals surface area contributed by atoms with Crippen molar-refractivity contribution in [3.05, 3.63) is 35.9 Å². The number of carboxylic acid groups (broad SMARTS) is 2. The standard InChI is InChI=1S/C16H24N2O3.C2HF3O2/c1-13(2)17-10-8-15(19)18(11-9-16(20)21)12-14-6-4-3-5-7-14;3-2(4,5)1(6)7/h3-7,13,17H,8-12H2,1-2H3,(H,20,21);(H,6,7). The Labute approximate surface area is 161 Å². The minimum atomic E-state index is -5.19. The van der Waals surface area contributed by atoms with Gasteiger partial charge < -0.3 is 25.2 Å². The Hall–Kier alpha value is -2.62. The summed E-state index contributed by atoms with van der Waals surface area (Å²) in [6.45, 7) is 5.61. The van der Waals surface area contributed by atoms with Crippen LogP contribution in [0.5, 0.6) is 0 Å². The molecule has 0 bridgehead atoms. The average molecular weight is 406 g/mol. The fourth-order valence-electron chi connectivity index (χ4n) is 2.02. The molecule has 1 aromatic rings. The molecule has 0 aliphatic rings. The number of quaternary nitrogens is 1. The smallest absolute Gasteiger partial charge is 0.430 e. The van der Waals surface area contributed by atoms with Crippen molar-refractivity contribution >= 4 is 17.8 Å². The molecule has 0 spiro atoms. The number of carbonyl (C=O) groups excluding carboxylic acids is 2. The molecule has 28 heavy (non-hydrogen) atoms. The molecule has 1 aromatic carbocycles. The number of alkyl halides is 3. The number of benzene rings is 1. The molecule has 158 valence electrons. The van der Waals surface area contributed by atoms with Crippen molar-refractivity contribution < 1.29 is 43.1 Å². The number of amides is 1. The average Bonchev–Trinajstić information content (AvgIpc) is 2.58. The van der Waals surface area contributed by atoms with E-state index < -0.39 is 18.1 Å². The van der Waals surface area contributed by atoms with Gasteiger partial charge >= 0.3 is 12.1 Å². The van der Waals surface area contributed by atoms with Crippen LogP contribution in [0.2, 0.25) is 0 Å². The molecular weight excluding hydrogens is 381 g/mol. The molecule has 3 N–H and O–H groups in total. The van der Waals surface area contributed by atoms with Gasteiger partial charge in [0.05, 0.1) is 25.4 Å². The van der Waals surface area contributed by atoms with Gasteiger partial charge in [0.25, 0.3) is 0 Å². The topological polar surface area (TPSA) is 114 Å². The zero-order valence-electron chi connectivity index (χ0n) is 15.7. The largest absolute Gasteiger partial charge is 0.542 e. The highest BCUT2D eigenvalue weighted by molar-refractivity contribution is 5.77. The molecule has 0 atom stereocenters. The van der Waals surface area contributed by atoms with E-state index in [-0.39, 0.29) is 18.9 Å². The molecule has 0 fully saturated rings. The number of nitrogens with two attached hydrogens (primary N) is 1. The second-order valence-corrected chi connectivity index (χ2v) is 6.25. The van der Waals surface area contributed by atoms with Crippen molar-refractivity contribution in [3.8, 4) is 0 Å². The lowest BCUT2D eigenvalue weighted by molar-refractivity contribution is -0.681. The third-order valence-electron chi connectivity index (χ3n) is 3.39. The first-order valence-electron chi connectivity index (χ1n) is 8.58. The highest BCUT2D eigenvalue weighted by Crippen LogP contribution is 2.11. The summed E-state index contributed by atoms with van der Waals surface area (Å²) in [4.78, 5) is 33.4. The molecule has 7 nitrogen and oxygen atoms in total. The van der Waals surface area contributed by atoms with E-state index in [4.69, 9.17) is 15.0 Å². The molecule has 0 unspecified atom stereocenters. The Morgan fingerprint density at radius 2 is 1.68 bits per heavy atom. The molecule has 0 aromatic heterocycles. The third kappa shape index (κ3) is 12.7. The monoisotopic (exact) mass is 406 g/mol. The van der Waals surface area contributed by atoms with Gasteiger partial charge in [-0.3, -0.25) is 9.59 Å². The Morgan fingerprint density at radius 3 is 2.11 bits per heavy atom. The van der Waals surface area contributed by atoms with Crippen LogP contribution in [0.1, 0.15) is 32.3 Å². The van der Waals surface area contributed by atoms with Crippen molar-refractivity contribution in [2.45, 2.75) is 45.5 Å². The quantitative estimate of drug-likeness (QED) is 0.606. The molecule has 0 aliphatic heterocycles. The molecule has 0 radical (unpaired) electrons. The van der Waals surface area contributed by atoms with Crippen LogP contribution in [-0.2, 0) is 20.9 Å². The summed E-state index contributed by atoms with van der Waals surface area (Å²) >= 11 is 0. The number of halogens is 3. The predicted molar refractivity (Wildman–Crippen MR) is 91.7 cm³/mol. The maximum atomic E-state index is 12.3. The predicted octanol–water partition coefficient (Wildman–Crippen LogP) is 0.150. The van der Waals surface area contributed by atoms with Crippen molar-refractivity contribution in [1.82, 2.24) is 4.90 Å². The van der Waals surface area contributed by atoms with Crippen molar-refractivity contribution in [2.75, 3.05) is 13.1 Å². The minimum Gasteiger partial charge on any atom is -0.542 e. The Kier molecular flexibility index (Phi) is 11.5. The first-order chi connectivity index (χ1) is 12.9. The van der Waals surface area contributed by atoms with Crippen LogP contribution in [0.25, 0.3) is 0 Å². The summed E-state index contributed by atoms with van der Waals surface area (Å²) in [6, 6.07) is 10.1. The summed E-state index contributed by atoms with van der Waals surface area (Å²) in [5, 5.41) is 19.7. The second-order valence-electron chi connectivity index (χ2n) is 6.25. The second kappa shape index (κ2) is 12.7. The first kappa shape index (κ1) is 25.4.